The van der Waals surface area contributed by atoms with Gasteiger partial charge in [-0.25, -0.2) is 0 Å². The lowest BCUT2D eigenvalue weighted by Gasteiger charge is -2.31. The van der Waals surface area contributed by atoms with Crippen molar-refractivity contribution in [2.45, 2.75) is 19.8 Å². The van der Waals surface area contributed by atoms with Gasteiger partial charge in [0.25, 0.3) is 5.91 Å². The molecule has 0 saturated carbocycles. The van der Waals surface area contributed by atoms with E-state index in [0.717, 1.165) is 29.5 Å². The minimum absolute atomic E-state index is 0.103. The Morgan fingerprint density at radius 1 is 1.00 bits per heavy atom. The molecular formula is C22H22N4O3. The second kappa shape index (κ2) is 7.87. The van der Waals surface area contributed by atoms with E-state index in [0.29, 0.717) is 30.4 Å². The molecule has 1 saturated heterocycles. The van der Waals surface area contributed by atoms with Crippen molar-refractivity contribution in [3.63, 3.8) is 0 Å². The lowest BCUT2D eigenvalue weighted by molar-refractivity contribution is -0.123. The fourth-order valence-electron chi connectivity index (χ4n) is 3.48. The summed E-state index contributed by atoms with van der Waals surface area (Å²) in [7, 11) is 0. The molecule has 2 heterocycles. The lowest BCUT2D eigenvalue weighted by Crippen LogP contribution is -2.44. The number of carbonyl (C=O) groups is 2. The lowest BCUT2D eigenvalue weighted by atomic mass is 9.97. The highest BCUT2D eigenvalue weighted by Crippen LogP contribution is 2.25. The number of aromatic nitrogens is 2. The number of hydrogen-bond acceptors (Lipinski definition) is 5. The summed E-state index contributed by atoms with van der Waals surface area (Å²) in [5, 5.41) is 8.23. The zero-order valence-electron chi connectivity index (χ0n) is 16.2. The van der Waals surface area contributed by atoms with Crippen LogP contribution < -0.4 is 5.73 Å². The quantitative estimate of drug-likeness (QED) is 0.738. The van der Waals surface area contributed by atoms with E-state index in [1.54, 1.807) is 29.2 Å². The van der Waals surface area contributed by atoms with E-state index < -0.39 is 0 Å². The summed E-state index contributed by atoms with van der Waals surface area (Å²) in [6.45, 7) is 3.03. The molecule has 3 aromatic rings. The van der Waals surface area contributed by atoms with Crippen LogP contribution in [-0.4, -0.2) is 40.0 Å². The first-order valence-corrected chi connectivity index (χ1v) is 9.61. The summed E-state index contributed by atoms with van der Waals surface area (Å²) >= 11 is 0. The zero-order chi connectivity index (χ0) is 20.4. The third-order valence-electron chi connectivity index (χ3n) is 5.21. The third-order valence-corrected chi connectivity index (χ3v) is 5.21. The van der Waals surface area contributed by atoms with Crippen molar-refractivity contribution in [1.29, 1.82) is 0 Å². The normalized spacial score (nSPS) is 16.6. The highest BCUT2D eigenvalue weighted by atomic mass is 16.4. The molecule has 2 amide bonds. The number of carbonyl (C=O) groups excluding carboxylic acids is 2. The van der Waals surface area contributed by atoms with Gasteiger partial charge in [0.15, 0.2) is 0 Å². The van der Waals surface area contributed by atoms with Crippen molar-refractivity contribution < 1.29 is 14.0 Å². The molecule has 0 aliphatic carbocycles. The van der Waals surface area contributed by atoms with E-state index >= 15 is 0 Å². The van der Waals surface area contributed by atoms with Crippen molar-refractivity contribution in [2.75, 3.05) is 13.1 Å². The summed E-state index contributed by atoms with van der Waals surface area (Å²) in [5.74, 6) is 0.120. The van der Waals surface area contributed by atoms with Gasteiger partial charge in [0, 0.05) is 29.8 Å². The monoisotopic (exact) mass is 390 g/mol. The molecule has 29 heavy (non-hydrogen) atoms. The van der Waals surface area contributed by atoms with Crippen molar-refractivity contribution in [2.24, 2.45) is 11.7 Å². The summed E-state index contributed by atoms with van der Waals surface area (Å²) in [6, 6.07) is 14.9. The molecule has 7 heteroatoms. The van der Waals surface area contributed by atoms with E-state index in [2.05, 4.69) is 10.2 Å². The van der Waals surface area contributed by atoms with Crippen LogP contribution in [0.15, 0.2) is 52.9 Å². The molecule has 1 atom stereocenters. The van der Waals surface area contributed by atoms with Crippen molar-refractivity contribution >= 4 is 11.8 Å². The molecule has 2 N–H and O–H groups in total. The molecule has 0 bridgehead atoms. The number of hydrogen-bond donors (Lipinski definition) is 1. The molecule has 0 radical (unpaired) electrons. The van der Waals surface area contributed by atoms with E-state index in [9.17, 15) is 9.59 Å². The van der Waals surface area contributed by atoms with Gasteiger partial charge in [0.2, 0.25) is 17.7 Å². The largest absolute Gasteiger partial charge is 0.416 e. The number of amides is 2. The smallest absolute Gasteiger partial charge is 0.253 e. The van der Waals surface area contributed by atoms with Crippen molar-refractivity contribution in [3.8, 4) is 22.9 Å². The van der Waals surface area contributed by atoms with Gasteiger partial charge in [-0.05, 0) is 56.2 Å². The molecule has 1 aromatic heterocycles. The van der Waals surface area contributed by atoms with Gasteiger partial charge in [-0.1, -0.05) is 17.7 Å². The molecule has 0 spiro atoms. The molecule has 7 nitrogen and oxygen atoms in total. The topological polar surface area (TPSA) is 102 Å². The SMILES string of the molecule is Cc1ccc(-c2nnc(-c3ccc(C(=O)N4CCCC(C(N)=O)C4)cc3)o2)cc1. The van der Waals surface area contributed by atoms with E-state index in [1.807, 2.05) is 31.2 Å². The number of piperidine rings is 1. The van der Waals surface area contributed by atoms with E-state index in [4.69, 9.17) is 10.2 Å². The maximum absolute atomic E-state index is 12.8. The Morgan fingerprint density at radius 3 is 2.17 bits per heavy atom. The average molecular weight is 390 g/mol. The van der Waals surface area contributed by atoms with Crippen LogP contribution >= 0.6 is 0 Å². The molecule has 1 unspecified atom stereocenters. The summed E-state index contributed by atoms with van der Waals surface area (Å²) in [6.07, 6.45) is 1.51. The number of nitrogens with two attached hydrogens (primary N) is 1. The van der Waals surface area contributed by atoms with Crippen LogP contribution in [0.2, 0.25) is 0 Å². The summed E-state index contributed by atoms with van der Waals surface area (Å²) < 4.78 is 5.78. The van der Waals surface area contributed by atoms with Crippen LogP contribution in [0.25, 0.3) is 22.9 Å². The molecule has 2 aromatic carbocycles. The molecule has 1 fully saturated rings. The van der Waals surface area contributed by atoms with Crippen molar-refractivity contribution in [1.82, 2.24) is 15.1 Å². The highest BCUT2D eigenvalue weighted by Gasteiger charge is 2.27. The minimum atomic E-state index is -0.348. The number of benzene rings is 2. The number of aryl methyl sites for hydroxylation is 1. The van der Waals surface area contributed by atoms with Crippen LogP contribution in [0.1, 0.15) is 28.8 Å². The Bertz CT molecular complexity index is 1020. The number of nitrogens with zero attached hydrogens (tertiary/aromatic N) is 3. The minimum Gasteiger partial charge on any atom is -0.416 e. The maximum Gasteiger partial charge on any atom is 0.253 e. The Hall–Kier alpha value is -3.48. The summed E-state index contributed by atoms with van der Waals surface area (Å²) in [5.41, 5.74) is 8.71. The Labute approximate surface area is 168 Å². The van der Waals surface area contributed by atoms with Crippen LogP contribution in [0.4, 0.5) is 0 Å². The number of primary amides is 1. The van der Waals surface area contributed by atoms with E-state index in [-0.39, 0.29) is 17.7 Å². The molecular weight excluding hydrogens is 368 g/mol. The average Bonchev–Trinajstić information content (AvgIpc) is 3.24. The second-order valence-electron chi connectivity index (χ2n) is 7.35. The second-order valence-corrected chi connectivity index (χ2v) is 7.35. The number of likely N-dealkylation sites (tertiary alicyclic amines) is 1. The van der Waals surface area contributed by atoms with Gasteiger partial charge in [0.05, 0.1) is 5.92 Å². The van der Waals surface area contributed by atoms with Crippen LogP contribution in [0, 0.1) is 12.8 Å². The van der Waals surface area contributed by atoms with Gasteiger partial charge in [-0.15, -0.1) is 10.2 Å². The Morgan fingerprint density at radius 2 is 1.59 bits per heavy atom. The van der Waals surface area contributed by atoms with Gasteiger partial charge in [-0.3, -0.25) is 9.59 Å². The van der Waals surface area contributed by atoms with Crippen LogP contribution in [0.5, 0.6) is 0 Å². The summed E-state index contributed by atoms with van der Waals surface area (Å²) in [4.78, 5) is 25.9. The van der Waals surface area contributed by atoms with Gasteiger partial charge < -0.3 is 15.1 Å². The molecule has 4 rings (SSSR count). The Kier molecular flexibility index (Phi) is 5.12. The van der Waals surface area contributed by atoms with E-state index in [1.165, 1.54) is 0 Å². The maximum atomic E-state index is 12.8. The van der Waals surface area contributed by atoms with Gasteiger partial charge >= 0.3 is 0 Å². The Balaban J connectivity index is 1.49. The number of rotatable bonds is 4. The standard InChI is InChI=1S/C22H22N4O3/c1-14-4-6-15(7-5-14)20-24-25-21(29-20)16-8-10-17(11-9-16)22(28)26-12-2-3-18(13-26)19(23)27/h4-11,18H,2-3,12-13H2,1H3,(H2,23,27). The molecule has 1 aliphatic heterocycles. The third kappa shape index (κ3) is 4.03. The fraction of sp³-hybridized carbons (Fsp3) is 0.273. The fourth-order valence-corrected chi connectivity index (χ4v) is 3.48. The van der Waals surface area contributed by atoms with Crippen molar-refractivity contribution in [3.05, 3.63) is 59.7 Å². The molecule has 1 aliphatic rings. The first-order chi connectivity index (χ1) is 14.0. The van der Waals surface area contributed by atoms with Crippen LogP contribution in [0.3, 0.4) is 0 Å². The molecule has 148 valence electrons. The first-order valence-electron chi connectivity index (χ1n) is 9.61. The van der Waals surface area contributed by atoms with Crippen LogP contribution in [-0.2, 0) is 4.79 Å². The predicted molar refractivity (Wildman–Crippen MR) is 108 cm³/mol. The first kappa shape index (κ1) is 18.9. The predicted octanol–water partition coefficient (Wildman–Crippen LogP) is 3.05. The van der Waals surface area contributed by atoms with Gasteiger partial charge in [-0.2, -0.15) is 0 Å². The zero-order valence-corrected chi connectivity index (χ0v) is 16.2. The highest BCUT2D eigenvalue weighted by molar-refractivity contribution is 5.95. The van der Waals surface area contributed by atoms with Gasteiger partial charge in [0.1, 0.15) is 0 Å².